The number of unbranched alkanes of at least 4 members (excludes halogenated alkanes) is 1. The molecule has 0 radical (unpaired) electrons. The van der Waals surface area contributed by atoms with Crippen LogP contribution in [0.25, 0.3) is 0 Å². The van der Waals surface area contributed by atoms with Gasteiger partial charge >= 0.3 is 0 Å². The Morgan fingerprint density at radius 3 is 2.77 bits per heavy atom. The van der Waals surface area contributed by atoms with Crippen LogP contribution in [0.15, 0.2) is 0 Å². The molecule has 0 aliphatic heterocycles. The number of rotatable bonds is 4. The third-order valence-electron chi connectivity index (χ3n) is 2.78. The fourth-order valence-electron chi connectivity index (χ4n) is 1.79. The zero-order valence-corrected chi connectivity index (χ0v) is 8.54. The monoisotopic (exact) mass is 186 g/mol. The van der Waals surface area contributed by atoms with Crippen LogP contribution in [0.5, 0.6) is 0 Å². The summed E-state index contributed by atoms with van der Waals surface area (Å²) in [6.45, 7) is 3.00. The molecule has 0 amide bonds. The van der Waals surface area contributed by atoms with Crippen LogP contribution in [0.1, 0.15) is 39.0 Å². The molecule has 78 valence electrons. The molecule has 0 aromatic rings. The molecule has 0 bridgehead atoms. The lowest BCUT2D eigenvalue weighted by Gasteiger charge is -2.33. The molecule has 0 unspecified atom stereocenters. The molecule has 0 saturated heterocycles. The van der Waals surface area contributed by atoms with Gasteiger partial charge in [-0.15, -0.1) is 0 Å². The van der Waals surface area contributed by atoms with E-state index in [1.807, 2.05) is 0 Å². The molecule has 3 nitrogen and oxygen atoms in total. The van der Waals surface area contributed by atoms with Crippen LogP contribution in [0.4, 0.5) is 0 Å². The van der Waals surface area contributed by atoms with Crippen molar-refractivity contribution in [1.29, 1.82) is 0 Å². The summed E-state index contributed by atoms with van der Waals surface area (Å²) in [4.78, 5) is 0. The van der Waals surface area contributed by atoms with E-state index in [1.165, 1.54) is 6.42 Å². The number of hydrogen-bond acceptors (Lipinski definition) is 3. The Hall–Kier alpha value is -0.120. The van der Waals surface area contributed by atoms with Gasteiger partial charge in [-0.1, -0.05) is 13.3 Å². The van der Waals surface area contributed by atoms with E-state index in [-0.39, 0.29) is 18.2 Å². The first-order chi connectivity index (χ1) is 6.25. The Balaban J connectivity index is 2.23. The second-order valence-electron chi connectivity index (χ2n) is 3.93. The molecule has 1 fully saturated rings. The van der Waals surface area contributed by atoms with Gasteiger partial charge in [-0.2, -0.15) is 0 Å². The van der Waals surface area contributed by atoms with Crippen molar-refractivity contribution < 1.29 is 4.74 Å². The molecule has 13 heavy (non-hydrogen) atoms. The van der Waals surface area contributed by atoms with Gasteiger partial charge in [0.1, 0.15) is 0 Å². The molecule has 4 N–H and O–H groups in total. The summed E-state index contributed by atoms with van der Waals surface area (Å²) in [5.41, 5.74) is 11.8. The fraction of sp³-hybridized carbons (Fsp3) is 1.00. The van der Waals surface area contributed by atoms with Crippen LogP contribution >= 0.6 is 0 Å². The molecule has 0 heterocycles. The second-order valence-corrected chi connectivity index (χ2v) is 3.93. The highest BCUT2D eigenvalue weighted by molar-refractivity contribution is 4.88. The van der Waals surface area contributed by atoms with Gasteiger partial charge in [0.15, 0.2) is 0 Å². The van der Waals surface area contributed by atoms with Crippen LogP contribution in [0, 0.1) is 0 Å². The standard InChI is InChI=1S/C10H22N2O/c1-2-3-7-13-9-6-4-5-8(11)10(9)12/h8-10H,2-7,11-12H2,1H3/t8-,9+,10-/m1/s1. The third kappa shape index (κ3) is 3.25. The van der Waals surface area contributed by atoms with Crippen LogP contribution in [0.2, 0.25) is 0 Å². The molecule has 1 aliphatic carbocycles. The summed E-state index contributed by atoms with van der Waals surface area (Å²) in [6, 6.07) is 0.186. The van der Waals surface area contributed by atoms with Gasteiger partial charge in [0, 0.05) is 18.7 Å². The maximum absolute atomic E-state index is 5.95. The summed E-state index contributed by atoms with van der Waals surface area (Å²) < 4.78 is 5.70. The number of hydrogen-bond donors (Lipinski definition) is 2. The largest absolute Gasteiger partial charge is 0.377 e. The van der Waals surface area contributed by atoms with E-state index in [0.717, 1.165) is 32.3 Å². The number of ether oxygens (including phenoxy) is 1. The van der Waals surface area contributed by atoms with Crippen molar-refractivity contribution in [3.63, 3.8) is 0 Å². The normalized spacial score (nSPS) is 34.8. The maximum Gasteiger partial charge on any atom is 0.0741 e. The van der Waals surface area contributed by atoms with E-state index in [1.54, 1.807) is 0 Å². The van der Waals surface area contributed by atoms with Crippen molar-refractivity contribution in [3.05, 3.63) is 0 Å². The van der Waals surface area contributed by atoms with E-state index in [2.05, 4.69) is 6.92 Å². The van der Waals surface area contributed by atoms with E-state index in [0.29, 0.717) is 0 Å². The van der Waals surface area contributed by atoms with Gasteiger partial charge < -0.3 is 16.2 Å². The topological polar surface area (TPSA) is 61.3 Å². The Bertz CT molecular complexity index is 141. The van der Waals surface area contributed by atoms with Gasteiger partial charge in [-0.05, 0) is 25.7 Å². The van der Waals surface area contributed by atoms with E-state index in [4.69, 9.17) is 16.2 Å². The molecule has 0 aromatic carbocycles. The zero-order valence-electron chi connectivity index (χ0n) is 8.54. The summed E-state index contributed by atoms with van der Waals surface area (Å²) >= 11 is 0. The summed E-state index contributed by atoms with van der Waals surface area (Å²) in [5.74, 6) is 0. The molecule has 0 spiro atoms. The Kier molecular flexibility index (Phi) is 4.70. The maximum atomic E-state index is 5.95. The van der Waals surface area contributed by atoms with Gasteiger partial charge in [-0.25, -0.2) is 0 Å². The van der Waals surface area contributed by atoms with Crippen molar-refractivity contribution in [2.45, 2.75) is 57.2 Å². The minimum atomic E-state index is 0.0469. The lowest BCUT2D eigenvalue weighted by Crippen LogP contribution is -2.53. The minimum absolute atomic E-state index is 0.0469. The first-order valence-corrected chi connectivity index (χ1v) is 5.38. The smallest absolute Gasteiger partial charge is 0.0741 e. The van der Waals surface area contributed by atoms with E-state index >= 15 is 0 Å². The fourth-order valence-corrected chi connectivity index (χ4v) is 1.79. The molecule has 1 rings (SSSR count). The molecule has 3 atom stereocenters. The van der Waals surface area contributed by atoms with E-state index in [9.17, 15) is 0 Å². The van der Waals surface area contributed by atoms with Crippen LogP contribution < -0.4 is 11.5 Å². The van der Waals surface area contributed by atoms with Gasteiger partial charge in [0.2, 0.25) is 0 Å². The summed E-state index contributed by atoms with van der Waals surface area (Å²) in [6.07, 6.45) is 5.79. The lowest BCUT2D eigenvalue weighted by molar-refractivity contribution is 0.00819. The quantitative estimate of drug-likeness (QED) is 0.644. The Morgan fingerprint density at radius 1 is 1.31 bits per heavy atom. The second kappa shape index (κ2) is 5.58. The molecular formula is C10H22N2O. The Morgan fingerprint density at radius 2 is 2.08 bits per heavy atom. The molecule has 1 aliphatic rings. The third-order valence-corrected chi connectivity index (χ3v) is 2.78. The molecule has 1 saturated carbocycles. The lowest BCUT2D eigenvalue weighted by atomic mass is 9.89. The van der Waals surface area contributed by atoms with Crippen molar-refractivity contribution in [3.8, 4) is 0 Å². The predicted molar refractivity (Wildman–Crippen MR) is 54.4 cm³/mol. The Labute approximate surface area is 80.8 Å². The van der Waals surface area contributed by atoms with E-state index < -0.39 is 0 Å². The SMILES string of the molecule is CCCCO[C@H]1CCC[C@@H](N)[C@H]1N. The van der Waals surface area contributed by atoms with Crippen molar-refractivity contribution in [1.82, 2.24) is 0 Å². The summed E-state index contributed by atoms with van der Waals surface area (Å²) in [7, 11) is 0. The number of nitrogens with two attached hydrogens (primary N) is 2. The van der Waals surface area contributed by atoms with Gasteiger partial charge in [0.05, 0.1) is 6.10 Å². The highest BCUT2D eigenvalue weighted by Gasteiger charge is 2.28. The van der Waals surface area contributed by atoms with Crippen LogP contribution in [0.3, 0.4) is 0 Å². The average Bonchev–Trinajstić information content (AvgIpc) is 2.13. The predicted octanol–water partition coefficient (Wildman–Crippen LogP) is 1.01. The molecular weight excluding hydrogens is 164 g/mol. The van der Waals surface area contributed by atoms with Crippen molar-refractivity contribution in [2.24, 2.45) is 11.5 Å². The van der Waals surface area contributed by atoms with Gasteiger partial charge in [-0.3, -0.25) is 0 Å². The highest BCUT2D eigenvalue weighted by atomic mass is 16.5. The molecule has 3 heteroatoms. The highest BCUT2D eigenvalue weighted by Crippen LogP contribution is 2.19. The van der Waals surface area contributed by atoms with Crippen LogP contribution in [-0.2, 0) is 4.74 Å². The summed E-state index contributed by atoms with van der Waals surface area (Å²) in [5, 5.41) is 0. The molecule has 0 aromatic heterocycles. The van der Waals surface area contributed by atoms with Crippen molar-refractivity contribution in [2.75, 3.05) is 6.61 Å². The average molecular weight is 186 g/mol. The van der Waals surface area contributed by atoms with Crippen molar-refractivity contribution >= 4 is 0 Å². The zero-order chi connectivity index (χ0) is 9.68. The van der Waals surface area contributed by atoms with Crippen LogP contribution in [-0.4, -0.2) is 24.8 Å². The first kappa shape index (κ1) is 11.0. The first-order valence-electron chi connectivity index (χ1n) is 5.38. The minimum Gasteiger partial charge on any atom is -0.377 e. The van der Waals surface area contributed by atoms with Gasteiger partial charge in [0.25, 0.3) is 0 Å².